The van der Waals surface area contributed by atoms with Crippen molar-refractivity contribution in [2.75, 3.05) is 42.7 Å². The Balaban J connectivity index is 1.19. The predicted octanol–water partition coefficient (Wildman–Crippen LogP) is 5.70. The maximum Gasteiger partial charge on any atom is 0.269 e. The third-order valence-electron chi connectivity index (χ3n) is 12.5. The molecule has 0 aromatic heterocycles. The minimum Gasteiger partial charge on any atom is -0.494 e. The number of anilines is 3. The molecule has 0 radical (unpaired) electrons. The Hall–Kier alpha value is -5.49. The summed E-state index contributed by atoms with van der Waals surface area (Å²) in [6.07, 6.45) is 0.728. The number of nitrogens with one attached hydrogen (secondary N) is 1. The molecule has 16 heteroatoms. The van der Waals surface area contributed by atoms with E-state index in [1.54, 1.807) is 29.0 Å². The van der Waals surface area contributed by atoms with Crippen LogP contribution in [0, 0.1) is 16.0 Å². The van der Waals surface area contributed by atoms with Crippen LogP contribution in [-0.4, -0.2) is 95.9 Å². The number of ether oxygens (including phenoxy) is 2. The Morgan fingerprint density at radius 1 is 0.984 bits per heavy atom. The number of nitro benzene ring substituents is 1. The summed E-state index contributed by atoms with van der Waals surface area (Å²) >= 11 is 0. The number of hydrogen-bond donors (Lipinski definition) is 4. The normalized spacial score (nSPS) is 21.8. The molecule has 7 rings (SSSR count). The maximum atomic E-state index is 15.1. The molecule has 0 saturated carbocycles. The number of carbonyl (C=O) groups is 3. The molecule has 63 heavy (non-hydrogen) atoms. The van der Waals surface area contributed by atoms with Gasteiger partial charge in [-0.25, -0.2) is 0 Å². The Labute approximate surface area is 368 Å². The molecule has 3 heterocycles. The van der Waals surface area contributed by atoms with E-state index in [9.17, 15) is 34.7 Å². The first kappa shape index (κ1) is 45.5. The van der Waals surface area contributed by atoms with Gasteiger partial charge in [-0.3, -0.25) is 29.4 Å². The van der Waals surface area contributed by atoms with Gasteiger partial charge in [0.2, 0.25) is 11.8 Å². The van der Waals surface area contributed by atoms with Crippen molar-refractivity contribution in [3.63, 3.8) is 0 Å². The van der Waals surface area contributed by atoms with Crippen molar-refractivity contribution < 1.29 is 43.8 Å². The summed E-state index contributed by atoms with van der Waals surface area (Å²) in [4.78, 5) is 71.6. The molecule has 3 amide bonds. The molecule has 0 aliphatic carbocycles. The van der Waals surface area contributed by atoms with Crippen LogP contribution in [0.3, 0.4) is 0 Å². The van der Waals surface area contributed by atoms with Gasteiger partial charge in [0.05, 0.1) is 54.6 Å². The van der Waals surface area contributed by atoms with Crippen molar-refractivity contribution in [1.29, 1.82) is 0 Å². The molecule has 1 saturated heterocycles. The van der Waals surface area contributed by atoms with Gasteiger partial charge in [0.15, 0.2) is 13.9 Å². The molecular weight excluding hydrogens is 823 g/mol. The van der Waals surface area contributed by atoms with Crippen LogP contribution in [0.1, 0.15) is 55.4 Å². The molecule has 1 fully saturated rings. The van der Waals surface area contributed by atoms with Gasteiger partial charge in [0, 0.05) is 54.5 Å². The number of hydrogen-bond acceptors (Lipinski definition) is 11. The third kappa shape index (κ3) is 9.14. The lowest BCUT2D eigenvalue weighted by atomic mass is 9.82. The second kappa shape index (κ2) is 19.1. The standard InChI is InChI=1S/C47H57N5O10Si/c1-5-61-37-18-20-40-34(25-37)26-39(48-21-9-10-23-53)45(56)51(40)35-15-13-33(14-16-35)30-50-41-19-17-36(52(58)59)27-38(41)47(46(50)57)31(2)44(63(3,4)60)42(62-47)28-43(55)49(22-24-54)29-32-11-7-6-8-12-32/h6-8,11-20,25,27,31,39,42,44,48,53-54,60H,5,9-10,21-24,26,28-30H2,1-4H3/t31-,39?,42+,44-,47+/m1/s1. The molecule has 15 nitrogen and oxygen atoms in total. The van der Waals surface area contributed by atoms with Crippen molar-refractivity contribution in [1.82, 2.24) is 10.2 Å². The molecule has 1 spiro atoms. The van der Waals surface area contributed by atoms with E-state index in [0.717, 1.165) is 28.8 Å². The van der Waals surface area contributed by atoms with Gasteiger partial charge in [-0.2, -0.15) is 0 Å². The number of carbonyl (C=O) groups excluding carboxylic acids is 3. The fraction of sp³-hybridized carbons (Fsp3) is 0.426. The van der Waals surface area contributed by atoms with Crippen LogP contribution < -0.4 is 19.9 Å². The van der Waals surface area contributed by atoms with Gasteiger partial charge in [-0.15, -0.1) is 0 Å². The maximum absolute atomic E-state index is 15.1. The molecule has 5 atom stereocenters. The van der Waals surface area contributed by atoms with Crippen molar-refractivity contribution in [2.24, 2.45) is 5.92 Å². The largest absolute Gasteiger partial charge is 0.494 e. The monoisotopic (exact) mass is 879 g/mol. The summed E-state index contributed by atoms with van der Waals surface area (Å²) in [6, 6.07) is 26.2. The average molecular weight is 880 g/mol. The second-order valence-corrected chi connectivity index (χ2v) is 21.1. The van der Waals surface area contributed by atoms with Crippen LogP contribution in [0.15, 0.2) is 91.0 Å². The highest BCUT2D eigenvalue weighted by atomic mass is 28.4. The number of rotatable bonds is 18. The lowest BCUT2D eigenvalue weighted by Crippen LogP contribution is -2.49. The Kier molecular flexibility index (Phi) is 13.8. The summed E-state index contributed by atoms with van der Waals surface area (Å²) in [6.45, 7) is 8.48. The Morgan fingerprint density at radius 3 is 2.38 bits per heavy atom. The van der Waals surface area contributed by atoms with Crippen LogP contribution in [0.25, 0.3) is 0 Å². The van der Waals surface area contributed by atoms with Crippen LogP contribution in [0.4, 0.5) is 22.7 Å². The van der Waals surface area contributed by atoms with Gasteiger partial charge in [-0.05, 0) is 98.9 Å². The number of non-ortho nitro benzene ring substituents is 1. The van der Waals surface area contributed by atoms with Crippen LogP contribution in [0.5, 0.6) is 5.75 Å². The molecule has 4 aromatic carbocycles. The number of amides is 3. The van der Waals surface area contributed by atoms with Crippen molar-refractivity contribution in [3.8, 4) is 5.75 Å². The summed E-state index contributed by atoms with van der Waals surface area (Å²) in [5.41, 5.74) is 2.04. The Morgan fingerprint density at radius 2 is 1.71 bits per heavy atom. The zero-order chi connectivity index (χ0) is 45.1. The van der Waals surface area contributed by atoms with Gasteiger partial charge in [0.25, 0.3) is 11.6 Å². The van der Waals surface area contributed by atoms with Gasteiger partial charge >= 0.3 is 0 Å². The first-order chi connectivity index (χ1) is 30.2. The summed E-state index contributed by atoms with van der Waals surface area (Å²) in [5.74, 6) is -0.868. The second-order valence-electron chi connectivity index (χ2n) is 17.1. The minimum absolute atomic E-state index is 0.0641. The lowest BCUT2D eigenvalue weighted by molar-refractivity contribution is -0.385. The summed E-state index contributed by atoms with van der Waals surface area (Å²) < 4.78 is 12.6. The fourth-order valence-electron chi connectivity index (χ4n) is 9.71. The Bertz CT molecular complexity index is 2310. The highest BCUT2D eigenvalue weighted by Gasteiger charge is 2.66. The number of fused-ring (bicyclic) bond motifs is 3. The number of aliphatic hydroxyl groups is 2. The average Bonchev–Trinajstić information content (AvgIpc) is 3.68. The predicted molar refractivity (Wildman–Crippen MR) is 240 cm³/mol. The molecule has 334 valence electrons. The highest BCUT2D eigenvalue weighted by Crippen LogP contribution is 2.60. The quantitative estimate of drug-likeness (QED) is 0.0415. The van der Waals surface area contributed by atoms with E-state index in [-0.39, 0.29) is 56.8 Å². The summed E-state index contributed by atoms with van der Waals surface area (Å²) in [7, 11) is -3.20. The van der Waals surface area contributed by atoms with E-state index in [1.807, 2.05) is 86.6 Å². The fourth-order valence-corrected chi connectivity index (χ4v) is 12.3. The first-order valence-corrected chi connectivity index (χ1v) is 24.7. The van der Waals surface area contributed by atoms with Crippen molar-refractivity contribution in [3.05, 3.63) is 123 Å². The van der Waals surface area contributed by atoms with E-state index >= 15 is 4.79 Å². The highest BCUT2D eigenvalue weighted by molar-refractivity contribution is 6.71. The first-order valence-electron chi connectivity index (χ1n) is 21.7. The summed E-state index contributed by atoms with van der Waals surface area (Å²) in [5, 5.41) is 34.7. The van der Waals surface area contributed by atoms with Crippen molar-refractivity contribution in [2.45, 2.75) is 89.0 Å². The number of nitrogens with zero attached hydrogens (tertiary/aromatic N) is 4. The number of unbranched alkanes of at least 4 members (excludes halogenated alkanes) is 1. The molecule has 1 unspecified atom stereocenters. The molecular formula is C47H57N5O10Si. The van der Waals surface area contributed by atoms with E-state index in [4.69, 9.17) is 9.47 Å². The topological polar surface area (TPSA) is 195 Å². The van der Waals surface area contributed by atoms with Crippen molar-refractivity contribution >= 4 is 48.8 Å². The molecule has 0 bridgehead atoms. The zero-order valence-corrected chi connectivity index (χ0v) is 37.2. The lowest BCUT2D eigenvalue weighted by Gasteiger charge is -2.35. The zero-order valence-electron chi connectivity index (χ0n) is 36.2. The SMILES string of the molecule is CCOc1ccc2c(c1)CC(NCCCCO)C(=O)N2c1ccc(CN2C(=O)[C@@]3(O[C@@H](CC(=O)N(CCO)Cc4ccccc4)[C@H]([Si](C)(C)O)[C@H]3C)c3cc([N+](=O)[O-])ccc32)cc1. The van der Waals surface area contributed by atoms with E-state index in [0.29, 0.717) is 48.7 Å². The molecule has 3 aliphatic heterocycles. The van der Waals surface area contributed by atoms with Gasteiger partial charge in [-0.1, -0.05) is 49.4 Å². The molecule has 4 aromatic rings. The van der Waals surface area contributed by atoms with E-state index < -0.39 is 48.4 Å². The van der Waals surface area contributed by atoms with Crippen LogP contribution in [-0.2, 0) is 44.2 Å². The van der Waals surface area contributed by atoms with Gasteiger partial charge < -0.3 is 39.6 Å². The van der Waals surface area contributed by atoms with Crippen LogP contribution in [0.2, 0.25) is 18.6 Å². The third-order valence-corrected chi connectivity index (χ3v) is 15.1. The molecule has 4 N–H and O–H groups in total. The van der Waals surface area contributed by atoms with Crippen LogP contribution >= 0.6 is 0 Å². The van der Waals surface area contributed by atoms with E-state index in [2.05, 4.69) is 5.32 Å². The molecule has 3 aliphatic rings. The number of nitro groups is 1. The number of benzene rings is 4. The smallest absolute Gasteiger partial charge is 0.269 e. The van der Waals surface area contributed by atoms with E-state index in [1.165, 1.54) is 17.0 Å². The number of aliphatic hydroxyl groups excluding tert-OH is 2. The minimum atomic E-state index is -3.20. The van der Waals surface area contributed by atoms with Gasteiger partial charge in [0.1, 0.15) is 5.75 Å².